The molecule has 25 heavy (non-hydrogen) atoms. The zero-order chi connectivity index (χ0) is 17.3. The number of aryl methyl sites for hydroxylation is 1. The Kier molecular flexibility index (Phi) is 3.85. The molecule has 0 aliphatic heterocycles. The molecule has 0 spiro atoms. The average Bonchev–Trinajstić information content (AvgIpc) is 2.59. The fourth-order valence-electron chi connectivity index (χ4n) is 4.00. The van der Waals surface area contributed by atoms with Crippen LogP contribution in [0.2, 0.25) is 0 Å². The maximum Gasteiger partial charge on any atom is 0.0887 e. The lowest BCUT2D eigenvalue weighted by atomic mass is 9.36. The third-order valence-electron chi connectivity index (χ3n) is 5.48. The summed E-state index contributed by atoms with van der Waals surface area (Å²) in [6, 6.07) is 8.24. The Balaban J connectivity index is 1.42. The van der Waals surface area contributed by atoms with Crippen LogP contribution in [0.3, 0.4) is 0 Å². The van der Waals surface area contributed by atoms with Crippen molar-refractivity contribution in [3.63, 3.8) is 0 Å². The summed E-state index contributed by atoms with van der Waals surface area (Å²) in [6.07, 6.45) is 16.1. The Hall–Kier alpha value is -2.58. The molecular weight excluding hydrogens is 304 g/mol. The molecule has 3 fully saturated rings. The first kappa shape index (κ1) is 15.9. The van der Waals surface area contributed by atoms with Crippen LogP contribution in [0.15, 0.2) is 36.7 Å². The predicted molar refractivity (Wildman–Crippen MR) is 101 cm³/mol. The van der Waals surface area contributed by atoms with Gasteiger partial charge in [-0.2, -0.15) is 0 Å². The molecule has 2 bridgehead atoms. The van der Waals surface area contributed by atoms with Gasteiger partial charge in [-0.25, -0.2) is 0 Å². The van der Waals surface area contributed by atoms with Crippen molar-refractivity contribution < 1.29 is 0 Å². The van der Waals surface area contributed by atoms with E-state index >= 15 is 0 Å². The van der Waals surface area contributed by atoms with Gasteiger partial charge in [0, 0.05) is 28.8 Å². The maximum atomic E-state index is 5.56. The summed E-state index contributed by atoms with van der Waals surface area (Å²) in [6.45, 7) is 2.21. The number of hydrogen-bond acceptors (Lipinski definition) is 2. The minimum absolute atomic E-state index is 0.186. The van der Waals surface area contributed by atoms with Crippen molar-refractivity contribution in [2.24, 2.45) is 10.8 Å². The third kappa shape index (κ3) is 2.94. The van der Waals surface area contributed by atoms with E-state index in [0.717, 1.165) is 42.6 Å². The predicted octanol–water partition coefficient (Wildman–Crippen LogP) is 4.64. The molecule has 0 unspecified atom stereocenters. The second kappa shape index (κ2) is 6.05. The second-order valence-corrected chi connectivity index (χ2v) is 7.57. The van der Waals surface area contributed by atoms with Crippen molar-refractivity contribution in [1.29, 1.82) is 0 Å². The van der Waals surface area contributed by atoms with Crippen molar-refractivity contribution in [3.8, 4) is 35.6 Å². The van der Waals surface area contributed by atoms with Gasteiger partial charge in [0.2, 0.25) is 0 Å². The van der Waals surface area contributed by atoms with Crippen LogP contribution < -0.4 is 0 Å². The lowest BCUT2D eigenvalue weighted by molar-refractivity contribution is -0.113. The number of nitrogens with zero attached hydrogens (tertiary/aromatic N) is 2. The maximum absolute atomic E-state index is 5.56. The van der Waals surface area contributed by atoms with Gasteiger partial charge in [-0.3, -0.25) is 9.97 Å². The number of rotatable bonds is 4. The van der Waals surface area contributed by atoms with E-state index in [-0.39, 0.29) is 10.8 Å². The Morgan fingerprint density at radius 2 is 1.72 bits per heavy atom. The van der Waals surface area contributed by atoms with Crippen molar-refractivity contribution >= 4 is 0 Å². The molecule has 3 saturated carbocycles. The molecule has 2 aromatic rings. The van der Waals surface area contributed by atoms with Crippen molar-refractivity contribution in [2.45, 2.75) is 45.4 Å². The van der Waals surface area contributed by atoms with Gasteiger partial charge in [-0.15, -0.1) is 6.42 Å². The standard InChI is InChI=1S/C23H22N2/c1-3-5-6-18-7-9-20(24-13-18)21-10-8-19(14-25-21)11-12-23-15-22(4-2,16-23)17-23/h2,7-10,13-14H,3,5-6,15-17H2,1H3. The molecule has 0 saturated heterocycles. The second-order valence-electron chi connectivity index (χ2n) is 7.57. The van der Waals surface area contributed by atoms with Crippen LogP contribution in [0, 0.1) is 35.0 Å². The van der Waals surface area contributed by atoms with Gasteiger partial charge in [-0.1, -0.05) is 37.2 Å². The SMILES string of the molecule is C#CC12CC(C#Cc3ccc(-c4ccc(CCCC)cn4)nc3)(C1)C2. The van der Waals surface area contributed by atoms with Crippen LogP contribution in [-0.4, -0.2) is 9.97 Å². The summed E-state index contributed by atoms with van der Waals surface area (Å²) >= 11 is 0. The molecular formula is C23H22N2. The third-order valence-corrected chi connectivity index (χ3v) is 5.48. The average molecular weight is 326 g/mol. The first-order valence-corrected chi connectivity index (χ1v) is 9.08. The number of terminal acetylenes is 1. The summed E-state index contributed by atoms with van der Waals surface area (Å²) in [5.74, 6) is 9.62. The fraction of sp³-hybridized carbons (Fsp3) is 0.391. The minimum atomic E-state index is 0.186. The van der Waals surface area contributed by atoms with Crippen molar-refractivity contribution in [3.05, 3.63) is 47.8 Å². The van der Waals surface area contributed by atoms with Gasteiger partial charge in [0.1, 0.15) is 0 Å². The fourth-order valence-corrected chi connectivity index (χ4v) is 4.00. The molecule has 2 heterocycles. The van der Waals surface area contributed by atoms with Crippen LogP contribution in [0.1, 0.15) is 50.2 Å². The highest BCUT2D eigenvalue weighted by atomic mass is 14.8. The molecule has 0 N–H and O–H groups in total. The molecule has 5 rings (SSSR count). The Labute approximate surface area is 150 Å². The van der Waals surface area contributed by atoms with E-state index in [0.29, 0.717) is 0 Å². The molecule has 3 aliphatic rings. The van der Waals surface area contributed by atoms with Crippen LogP contribution >= 0.6 is 0 Å². The van der Waals surface area contributed by atoms with Crippen LogP contribution in [-0.2, 0) is 6.42 Å². The highest BCUT2D eigenvalue weighted by Crippen LogP contribution is 2.72. The van der Waals surface area contributed by atoms with E-state index in [2.05, 4.69) is 46.8 Å². The van der Waals surface area contributed by atoms with E-state index in [1.54, 1.807) is 0 Å². The number of aromatic nitrogens is 2. The summed E-state index contributed by atoms with van der Waals surface area (Å²) in [5, 5.41) is 0. The van der Waals surface area contributed by atoms with Crippen molar-refractivity contribution in [1.82, 2.24) is 9.97 Å². The quantitative estimate of drug-likeness (QED) is 0.765. The zero-order valence-electron chi connectivity index (χ0n) is 14.7. The van der Waals surface area contributed by atoms with Crippen LogP contribution in [0.25, 0.3) is 11.4 Å². The van der Waals surface area contributed by atoms with Crippen molar-refractivity contribution in [2.75, 3.05) is 0 Å². The number of pyridine rings is 2. The molecule has 2 aromatic heterocycles. The van der Waals surface area contributed by atoms with E-state index in [1.807, 2.05) is 24.5 Å². The largest absolute Gasteiger partial charge is 0.254 e. The van der Waals surface area contributed by atoms with Gasteiger partial charge in [0.15, 0.2) is 0 Å². The topological polar surface area (TPSA) is 25.8 Å². The first-order valence-electron chi connectivity index (χ1n) is 9.08. The van der Waals surface area contributed by atoms with Gasteiger partial charge >= 0.3 is 0 Å². The number of unbranched alkanes of at least 4 members (excludes halogenated alkanes) is 1. The molecule has 0 amide bonds. The lowest BCUT2D eigenvalue weighted by Gasteiger charge is -2.65. The smallest absolute Gasteiger partial charge is 0.0887 e. The summed E-state index contributed by atoms with van der Waals surface area (Å²) in [5.41, 5.74) is 4.44. The molecule has 0 atom stereocenters. The molecule has 124 valence electrons. The highest BCUT2D eigenvalue weighted by molar-refractivity contribution is 5.55. The van der Waals surface area contributed by atoms with E-state index in [9.17, 15) is 0 Å². The Morgan fingerprint density at radius 1 is 1.00 bits per heavy atom. The van der Waals surface area contributed by atoms with E-state index in [1.165, 1.54) is 18.4 Å². The zero-order valence-corrected chi connectivity index (χ0v) is 14.7. The van der Waals surface area contributed by atoms with Gasteiger partial charge in [0.05, 0.1) is 11.4 Å². The van der Waals surface area contributed by atoms with Gasteiger partial charge < -0.3 is 0 Å². The minimum Gasteiger partial charge on any atom is -0.254 e. The van der Waals surface area contributed by atoms with Gasteiger partial charge in [0.25, 0.3) is 0 Å². The first-order chi connectivity index (χ1) is 12.2. The van der Waals surface area contributed by atoms with E-state index < -0.39 is 0 Å². The molecule has 0 radical (unpaired) electrons. The molecule has 2 heteroatoms. The molecule has 2 nitrogen and oxygen atoms in total. The summed E-state index contributed by atoms with van der Waals surface area (Å²) in [4.78, 5) is 9.08. The monoisotopic (exact) mass is 326 g/mol. The van der Waals surface area contributed by atoms with Crippen LogP contribution in [0.4, 0.5) is 0 Å². The normalized spacial score (nSPS) is 25.8. The number of hydrogen-bond donors (Lipinski definition) is 0. The Morgan fingerprint density at radius 3 is 2.28 bits per heavy atom. The molecule has 0 aromatic carbocycles. The van der Waals surface area contributed by atoms with E-state index in [4.69, 9.17) is 6.42 Å². The van der Waals surface area contributed by atoms with Gasteiger partial charge in [-0.05, 0) is 55.9 Å². The highest BCUT2D eigenvalue weighted by Gasteiger charge is 2.66. The summed E-state index contributed by atoms with van der Waals surface area (Å²) in [7, 11) is 0. The van der Waals surface area contributed by atoms with Crippen LogP contribution in [0.5, 0.6) is 0 Å². The lowest BCUT2D eigenvalue weighted by Crippen LogP contribution is -2.59. The molecule has 3 aliphatic carbocycles. The summed E-state index contributed by atoms with van der Waals surface area (Å²) < 4.78 is 0. The Bertz CT molecular complexity index is 853.